The summed E-state index contributed by atoms with van der Waals surface area (Å²) in [7, 11) is 0. The molecule has 1 amide bonds. The fourth-order valence-electron chi connectivity index (χ4n) is 4.35. The van der Waals surface area contributed by atoms with E-state index in [0.29, 0.717) is 13.1 Å². The number of carbonyl (C=O) groups excluding carboxylic acids is 1. The maximum Gasteiger partial charge on any atom is 0.410 e. The number of aliphatic imine (C=N–C) groups is 1. The van der Waals surface area contributed by atoms with Crippen molar-refractivity contribution in [2.24, 2.45) is 4.99 Å². The van der Waals surface area contributed by atoms with E-state index in [-0.39, 0.29) is 12.1 Å². The van der Waals surface area contributed by atoms with E-state index in [0.717, 1.165) is 25.1 Å². The Hall–Kier alpha value is -2.30. The summed E-state index contributed by atoms with van der Waals surface area (Å²) >= 11 is 0. The van der Waals surface area contributed by atoms with E-state index in [1.807, 2.05) is 25.7 Å². The number of hydrogen-bond donors (Lipinski definition) is 0. The number of rotatable bonds is 5. The van der Waals surface area contributed by atoms with Crippen molar-refractivity contribution in [1.82, 2.24) is 9.80 Å². The van der Waals surface area contributed by atoms with E-state index in [1.54, 1.807) is 6.20 Å². The summed E-state index contributed by atoms with van der Waals surface area (Å²) in [6, 6.07) is 0.188. The van der Waals surface area contributed by atoms with Crippen LogP contribution in [0.15, 0.2) is 52.3 Å². The van der Waals surface area contributed by atoms with Crippen LogP contribution >= 0.6 is 0 Å². The van der Waals surface area contributed by atoms with Gasteiger partial charge in [-0.15, -0.1) is 0 Å². The van der Waals surface area contributed by atoms with E-state index in [9.17, 15) is 4.79 Å². The van der Waals surface area contributed by atoms with Crippen LogP contribution in [0.4, 0.5) is 4.79 Å². The Balaban J connectivity index is 2.32. The lowest BCUT2D eigenvalue weighted by Crippen LogP contribution is -2.54. The summed E-state index contributed by atoms with van der Waals surface area (Å²) in [5, 5.41) is 0. The van der Waals surface area contributed by atoms with Crippen LogP contribution in [0.25, 0.3) is 0 Å². The standard InChI is InChI=1S/C25H39N3O2/c1-9-22(21-13-11-12-14-21)23(19(4)26-10-2)20(5)28-16-15-27(17-18(28)3)24(29)30-25(6,7)8/h9-10,13,18H,2,11-12,14-17H2,1,3-8H3/b22-9-,23-20-,26-19?. The molecule has 1 atom stereocenters. The maximum absolute atomic E-state index is 12.5. The number of amides is 1. The van der Waals surface area contributed by atoms with Crippen LogP contribution in [0.5, 0.6) is 0 Å². The molecular weight excluding hydrogens is 374 g/mol. The van der Waals surface area contributed by atoms with E-state index < -0.39 is 5.60 Å². The first-order chi connectivity index (χ1) is 14.1. The highest BCUT2D eigenvalue weighted by Gasteiger charge is 2.31. The fourth-order valence-corrected chi connectivity index (χ4v) is 4.35. The monoisotopic (exact) mass is 413 g/mol. The zero-order valence-electron chi connectivity index (χ0n) is 19.9. The molecule has 0 aromatic heterocycles. The second-order valence-corrected chi connectivity index (χ2v) is 9.15. The zero-order chi connectivity index (χ0) is 22.5. The molecule has 0 saturated carbocycles. The van der Waals surface area contributed by atoms with Crippen LogP contribution in [-0.2, 0) is 4.74 Å². The molecule has 5 heteroatoms. The largest absolute Gasteiger partial charge is 0.444 e. The average molecular weight is 414 g/mol. The van der Waals surface area contributed by atoms with Gasteiger partial charge in [-0.1, -0.05) is 18.7 Å². The van der Waals surface area contributed by atoms with Crippen molar-refractivity contribution in [3.8, 4) is 0 Å². The van der Waals surface area contributed by atoms with Crippen LogP contribution in [0.2, 0.25) is 0 Å². The Kier molecular flexibility index (Phi) is 8.10. The molecular formula is C25H39N3O2. The summed E-state index contributed by atoms with van der Waals surface area (Å²) < 4.78 is 5.57. The number of piperazine rings is 1. The normalized spacial score (nSPS) is 22.0. The number of ether oxygens (including phenoxy) is 1. The zero-order valence-corrected chi connectivity index (χ0v) is 19.9. The number of allylic oxidation sites excluding steroid dienone is 6. The second kappa shape index (κ2) is 10.1. The van der Waals surface area contributed by atoms with Crippen LogP contribution in [0.3, 0.4) is 0 Å². The molecule has 166 valence electrons. The average Bonchev–Trinajstić information content (AvgIpc) is 3.18. The highest BCUT2D eigenvalue weighted by molar-refractivity contribution is 6.04. The molecule has 1 aliphatic heterocycles. The number of carbonyl (C=O) groups is 1. The molecule has 2 aliphatic rings. The number of hydrogen-bond acceptors (Lipinski definition) is 4. The molecule has 5 nitrogen and oxygen atoms in total. The van der Waals surface area contributed by atoms with Gasteiger partial charge in [0.05, 0.1) is 0 Å². The highest BCUT2D eigenvalue weighted by atomic mass is 16.6. The van der Waals surface area contributed by atoms with Gasteiger partial charge in [0.2, 0.25) is 0 Å². The topological polar surface area (TPSA) is 45.1 Å². The first-order valence-electron chi connectivity index (χ1n) is 11.1. The summed E-state index contributed by atoms with van der Waals surface area (Å²) in [6.45, 7) is 20.1. The predicted molar refractivity (Wildman–Crippen MR) is 126 cm³/mol. The Labute approximate surface area is 182 Å². The molecule has 0 spiro atoms. The number of nitrogens with zero attached hydrogens (tertiary/aromatic N) is 3. The van der Waals surface area contributed by atoms with Gasteiger partial charge in [-0.3, -0.25) is 4.99 Å². The fraction of sp³-hybridized carbons (Fsp3) is 0.600. The highest BCUT2D eigenvalue weighted by Crippen LogP contribution is 2.33. The van der Waals surface area contributed by atoms with Gasteiger partial charge in [0, 0.05) is 48.9 Å². The predicted octanol–water partition coefficient (Wildman–Crippen LogP) is 5.86. The Morgan fingerprint density at radius 2 is 2.00 bits per heavy atom. The van der Waals surface area contributed by atoms with E-state index in [1.165, 1.54) is 28.8 Å². The van der Waals surface area contributed by atoms with Gasteiger partial charge in [0.1, 0.15) is 5.60 Å². The lowest BCUT2D eigenvalue weighted by molar-refractivity contribution is 0.0101. The minimum absolute atomic E-state index is 0.188. The van der Waals surface area contributed by atoms with Crippen molar-refractivity contribution in [2.75, 3.05) is 19.6 Å². The van der Waals surface area contributed by atoms with Gasteiger partial charge in [0.15, 0.2) is 0 Å². The maximum atomic E-state index is 12.5. The molecule has 0 aromatic carbocycles. The molecule has 30 heavy (non-hydrogen) atoms. The lowest BCUT2D eigenvalue weighted by Gasteiger charge is -2.42. The molecule has 1 saturated heterocycles. The van der Waals surface area contributed by atoms with Gasteiger partial charge >= 0.3 is 6.09 Å². The first-order valence-corrected chi connectivity index (χ1v) is 11.1. The molecule has 1 heterocycles. The molecule has 2 rings (SSSR count). The molecule has 1 fully saturated rings. The molecule has 1 aliphatic carbocycles. The van der Waals surface area contributed by atoms with E-state index >= 15 is 0 Å². The van der Waals surface area contributed by atoms with Crippen LogP contribution in [-0.4, -0.2) is 52.9 Å². The van der Waals surface area contributed by atoms with Gasteiger partial charge in [-0.2, -0.15) is 0 Å². The molecule has 0 aromatic rings. The summed E-state index contributed by atoms with van der Waals surface area (Å²) in [6.07, 6.45) is 9.41. The molecule has 0 bridgehead atoms. The lowest BCUT2D eigenvalue weighted by atomic mass is 9.91. The third-order valence-electron chi connectivity index (χ3n) is 5.66. The minimum Gasteiger partial charge on any atom is -0.444 e. The van der Waals surface area contributed by atoms with Gasteiger partial charge in [-0.05, 0) is 78.9 Å². The summed E-state index contributed by atoms with van der Waals surface area (Å²) in [4.78, 5) is 21.3. The van der Waals surface area contributed by atoms with Crippen molar-refractivity contribution >= 4 is 11.8 Å². The van der Waals surface area contributed by atoms with Crippen LogP contribution in [0.1, 0.15) is 67.7 Å². The van der Waals surface area contributed by atoms with E-state index in [4.69, 9.17) is 4.74 Å². The first kappa shape index (κ1) is 24.0. The van der Waals surface area contributed by atoms with Crippen LogP contribution < -0.4 is 0 Å². The third kappa shape index (κ3) is 5.87. The van der Waals surface area contributed by atoms with Crippen LogP contribution in [0, 0.1) is 0 Å². The second-order valence-electron chi connectivity index (χ2n) is 9.15. The molecule has 1 unspecified atom stereocenters. The molecule has 0 radical (unpaired) electrons. The SMILES string of the molecule is C=CN=C(C)C(/C(=C\C)C1=CCCC1)=C(\C)N1CCN(C(=O)OC(C)(C)C)CC1C. The van der Waals surface area contributed by atoms with Gasteiger partial charge < -0.3 is 14.5 Å². The quantitative estimate of drug-likeness (QED) is 0.419. The van der Waals surface area contributed by atoms with Crippen molar-refractivity contribution in [3.05, 3.63) is 47.3 Å². The van der Waals surface area contributed by atoms with E-state index in [2.05, 4.69) is 56.3 Å². The Morgan fingerprint density at radius 1 is 1.30 bits per heavy atom. The van der Waals surface area contributed by atoms with Gasteiger partial charge in [-0.25, -0.2) is 4.79 Å². The minimum atomic E-state index is -0.478. The third-order valence-corrected chi connectivity index (χ3v) is 5.66. The Bertz CT molecular complexity index is 781. The molecule has 0 N–H and O–H groups in total. The summed E-state index contributed by atoms with van der Waals surface area (Å²) in [5.74, 6) is 0. The smallest absolute Gasteiger partial charge is 0.410 e. The summed E-state index contributed by atoms with van der Waals surface area (Å²) in [5.41, 5.74) is 5.57. The van der Waals surface area contributed by atoms with Gasteiger partial charge in [0.25, 0.3) is 0 Å². The van der Waals surface area contributed by atoms with Crippen molar-refractivity contribution < 1.29 is 9.53 Å². The Morgan fingerprint density at radius 3 is 2.50 bits per heavy atom. The van der Waals surface area contributed by atoms with Crippen molar-refractivity contribution in [2.45, 2.75) is 79.4 Å². The van der Waals surface area contributed by atoms with Crippen molar-refractivity contribution in [3.63, 3.8) is 0 Å². The van der Waals surface area contributed by atoms with Crippen molar-refractivity contribution in [1.29, 1.82) is 0 Å².